The van der Waals surface area contributed by atoms with Crippen molar-refractivity contribution in [2.24, 2.45) is 11.8 Å². The standard InChI is InChI=1S/C21H31ClO5/c22-17-9-6-5-8-16(17)18(23)12-11-15-14(19(24)13-20(15)25)7-3-1-2-4-10-21(26)27/h5-6,8-9,14-15,18-20,23-25H,1-4,7,10-13H2,(H,26,27). The van der Waals surface area contributed by atoms with Gasteiger partial charge in [0.05, 0.1) is 18.3 Å². The first-order valence-electron chi connectivity index (χ1n) is 9.90. The summed E-state index contributed by atoms with van der Waals surface area (Å²) in [6.07, 6.45) is 4.19. The van der Waals surface area contributed by atoms with Gasteiger partial charge in [-0.3, -0.25) is 4.79 Å². The molecule has 27 heavy (non-hydrogen) atoms. The Morgan fingerprint density at radius 3 is 2.33 bits per heavy atom. The van der Waals surface area contributed by atoms with Crippen LogP contribution in [0.1, 0.15) is 69.5 Å². The van der Waals surface area contributed by atoms with Crippen molar-refractivity contribution >= 4 is 17.6 Å². The molecule has 0 aromatic heterocycles. The van der Waals surface area contributed by atoms with E-state index in [0.717, 1.165) is 25.7 Å². The van der Waals surface area contributed by atoms with Crippen molar-refractivity contribution < 1.29 is 25.2 Å². The van der Waals surface area contributed by atoms with Crippen LogP contribution >= 0.6 is 11.6 Å². The summed E-state index contributed by atoms with van der Waals surface area (Å²) in [6, 6.07) is 7.22. The number of aliphatic hydroxyl groups is 3. The molecule has 0 heterocycles. The molecule has 5 nitrogen and oxygen atoms in total. The van der Waals surface area contributed by atoms with Gasteiger partial charge in [-0.1, -0.05) is 49.1 Å². The van der Waals surface area contributed by atoms with Crippen molar-refractivity contribution in [3.63, 3.8) is 0 Å². The summed E-state index contributed by atoms with van der Waals surface area (Å²) in [5.41, 5.74) is 0.696. The van der Waals surface area contributed by atoms with E-state index in [9.17, 15) is 20.1 Å². The molecule has 0 aliphatic heterocycles. The summed E-state index contributed by atoms with van der Waals surface area (Å²) in [5, 5.41) is 40.3. The Hall–Kier alpha value is -1.14. The van der Waals surface area contributed by atoms with Crippen LogP contribution < -0.4 is 0 Å². The van der Waals surface area contributed by atoms with E-state index in [0.29, 0.717) is 36.3 Å². The van der Waals surface area contributed by atoms with E-state index in [1.165, 1.54) is 0 Å². The number of unbranched alkanes of at least 4 members (excludes halogenated alkanes) is 3. The topological polar surface area (TPSA) is 98.0 Å². The fourth-order valence-electron chi connectivity index (χ4n) is 4.24. The van der Waals surface area contributed by atoms with Crippen molar-refractivity contribution in [2.45, 2.75) is 76.1 Å². The van der Waals surface area contributed by atoms with Crippen LogP contribution in [0.25, 0.3) is 0 Å². The molecule has 0 amide bonds. The number of carbonyl (C=O) groups is 1. The van der Waals surface area contributed by atoms with Gasteiger partial charge in [0.1, 0.15) is 0 Å². The predicted octanol–water partition coefficient (Wildman–Crippen LogP) is 3.94. The normalized spacial score (nSPS) is 26.2. The van der Waals surface area contributed by atoms with Gasteiger partial charge in [-0.25, -0.2) is 0 Å². The average Bonchev–Trinajstić information content (AvgIpc) is 2.89. The number of benzene rings is 1. The molecule has 5 unspecified atom stereocenters. The molecule has 4 N–H and O–H groups in total. The van der Waals surface area contributed by atoms with Gasteiger partial charge in [0, 0.05) is 11.4 Å². The maximum absolute atomic E-state index is 10.5. The molecule has 1 aromatic rings. The molecule has 1 aliphatic rings. The highest BCUT2D eigenvalue weighted by Crippen LogP contribution is 2.40. The van der Waals surface area contributed by atoms with Crippen molar-refractivity contribution in [3.05, 3.63) is 34.9 Å². The molecule has 6 heteroatoms. The first-order chi connectivity index (χ1) is 12.9. The van der Waals surface area contributed by atoms with Crippen LogP contribution in [0.4, 0.5) is 0 Å². The number of halogens is 1. The maximum atomic E-state index is 10.5. The van der Waals surface area contributed by atoms with E-state index in [2.05, 4.69) is 0 Å². The lowest BCUT2D eigenvalue weighted by Gasteiger charge is -2.25. The molecule has 2 rings (SSSR count). The quantitative estimate of drug-likeness (QED) is 0.423. The molecule has 0 spiro atoms. The third-order valence-electron chi connectivity index (χ3n) is 5.74. The molecule has 1 aromatic carbocycles. The van der Waals surface area contributed by atoms with Crippen LogP contribution in [0.5, 0.6) is 0 Å². The van der Waals surface area contributed by atoms with Crippen LogP contribution in [-0.2, 0) is 4.79 Å². The second-order valence-corrected chi connectivity index (χ2v) is 8.07. The van der Waals surface area contributed by atoms with Crippen LogP contribution in [0, 0.1) is 11.8 Å². The van der Waals surface area contributed by atoms with Gasteiger partial charge in [0.2, 0.25) is 0 Å². The molecule has 5 atom stereocenters. The number of hydrogen-bond acceptors (Lipinski definition) is 4. The zero-order valence-electron chi connectivity index (χ0n) is 15.6. The van der Waals surface area contributed by atoms with E-state index >= 15 is 0 Å². The number of rotatable bonds is 11. The summed E-state index contributed by atoms with van der Waals surface area (Å²) < 4.78 is 0. The smallest absolute Gasteiger partial charge is 0.303 e. The lowest BCUT2D eigenvalue weighted by atomic mass is 9.84. The second kappa shape index (κ2) is 11.0. The van der Waals surface area contributed by atoms with Gasteiger partial charge in [-0.05, 0) is 55.6 Å². The summed E-state index contributed by atoms with van der Waals surface area (Å²) >= 11 is 6.14. The van der Waals surface area contributed by atoms with Crippen LogP contribution in [-0.4, -0.2) is 38.6 Å². The van der Waals surface area contributed by atoms with E-state index < -0.39 is 24.3 Å². The number of carboxylic acids is 1. The van der Waals surface area contributed by atoms with Gasteiger partial charge < -0.3 is 20.4 Å². The Kier molecular flexibility index (Phi) is 9.03. The van der Waals surface area contributed by atoms with Crippen molar-refractivity contribution in [1.82, 2.24) is 0 Å². The third-order valence-corrected chi connectivity index (χ3v) is 6.08. The van der Waals surface area contributed by atoms with Crippen molar-refractivity contribution in [1.29, 1.82) is 0 Å². The Morgan fingerprint density at radius 2 is 1.67 bits per heavy atom. The number of aliphatic hydroxyl groups excluding tert-OH is 3. The summed E-state index contributed by atoms with van der Waals surface area (Å²) in [5.74, 6) is -0.768. The van der Waals surface area contributed by atoms with Gasteiger partial charge in [-0.15, -0.1) is 0 Å². The molecule has 0 radical (unpaired) electrons. The second-order valence-electron chi connectivity index (χ2n) is 7.66. The highest BCUT2D eigenvalue weighted by molar-refractivity contribution is 6.31. The predicted molar refractivity (Wildman–Crippen MR) is 105 cm³/mol. The van der Waals surface area contributed by atoms with Crippen LogP contribution in [0.2, 0.25) is 5.02 Å². The highest BCUT2D eigenvalue weighted by atomic mass is 35.5. The van der Waals surface area contributed by atoms with Gasteiger partial charge in [0.15, 0.2) is 0 Å². The number of hydrogen-bond donors (Lipinski definition) is 4. The third kappa shape index (κ3) is 6.75. The van der Waals surface area contributed by atoms with Gasteiger partial charge in [0.25, 0.3) is 0 Å². The number of aliphatic carboxylic acids is 1. The zero-order valence-corrected chi connectivity index (χ0v) is 16.4. The Morgan fingerprint density at radius 1 is 1.04 bits per heavy atom. The largest absolute Gasteiger partial charge is 0.481 e. The zero-order chi connectivity index (χ0) is 19.8. The van der Waals surface area contributed by atoms with Crippen LogP contribution in [0.3, 0.4) is 0 Å². The summed E-state index contributed by atoms with van der Waals surface area (Å²) in [7, 11) is 0. The highest BCUT2D eigenvalue weighted by Gasteiger charge is 2.40. The Balaban J connectivity index is 1.80. The molecule has 1 aliphatic carbocycles. The first-order valence-corrected chi connectivity index (χ1v) is 10.3. The molecule has 0 bridgehead atoms. The van der Waals surface area contributed by atoms with Gasteiger partial charge in [-0.2, -0.15) is 0 Å². The van der Waals surface area contributed by atoms with Gasteiger partial charge >= 0.3 is 5.97 Å². The van der Waals surface area contributed by atoms with Crippen molar-refractivity contribution in [2.75, 3.05) is 0 Å². The summed E-state index contributed by atoms with van der Waals surface area (Å²) in [6.45, 7) is 0. The molecular formula is C21H31ClO5. The lowest BCUT2D eigenvalue weighted by molar-refractivity contribution is -0.137. The number of carboxylic acid groups (broad SMARTS) is 1. The van der Waals surface area contributed by atoms with E-state index in [4.69, 9.17) is 16.7 Å². The minimum Gasteiger partial charge on any atom is -0.481 e. The SMILES string of the molecule is O=C(O)CCCCCCC1C(O)CC(O)C1CCC(O)c1ccccc1Cl. The Bertz CT molecular complexity index is 594. The van der Waals surface area contributed by atoms with Crippen LogP contribution in [0.15, 0.2) is 24.3 Å². The molecule has 0 saturated heterocycles. The average molecular weight is 399 g/mol. The fourth-order valence-corrected chi connectivity index (χ4v) is 4.50. The van der Waals surface area contributed by atoms with Crippen molar-refractivity contribution in [3.8, 4) is 0 Å². The maximum Gasteiger partial charge on any atom is 0.303 e. The molecular weight excluding hydrogens is 368 g/mol. The fraction of sp³-hybridized carbons (Fsp3) is 0.667. The molecule has 1 fully saturated rings. The minimum absolute atomic E-state index is 0.0259. The van der Waals surface area contributed by atoms with E-state index in [1.807, 2.05) is 18.2 Å². The minimum atomic E-state index is -0.763. The lowest BCUT2D eigenvalue weighted by Crippen LogP contribution is -2.23. The summed E-state index contributed by atoms with van der Waals surface area (Å²) in [4.78, 5) is 10.5. The molecule has 1 saturated carbocycles. The van der Waals surface area contributed by atoms with E-state index in [-0.39, 0.29) is 18.3 Å². The molecule has 152 valence electrons. The van der Waals surface area contributed by atoms with E-state index in [1.54, 1.807) is 6.07 Å². The first kappa shape index (κ1) is 22.2. The Labute approximate surface area is 166 Å². The monoisotopic (exact) mass is 398 g/mol.